The maximum Gasteiger partial charge on any atom is 0.335 e. The average molecular weight is 491 g/mol. The third-order valence-electron chi connectivity index (χ3n) is 4.85. The zero-order valence-corrected chi connectivity index (χ0v) is 19.9. The highest BCUT2D eigenvalue weighted by Crippen LogP contribution is 2.29. The van der Waals surface area contributed by atoms with Crippen molar-refractivity contribution in [3.8, 4) is 5.69 Å². The lowest BCUT2D eigenvalue weighted by molar-refractivity contribution is -0.115. The van der Waals surface area contributed by atoms with E-state index < -0.39 is 11.2 Å². The van der Waals surface area contributed by atoms with E-state index in [1.54, 1.807) is 30.8 Å². The monoisotopic (exact) mass is 490 g/mol. The lowest BCUT2D eigenvalue weighted by atomic mass is 10.2. The molecule has 9 heteroatoms. The molecular weight excluding hydrogens is 468 g/mol. The van der Waals surface area contributed by atoms with E-state index in [4.69, 9.17) is 5.11 Å². The second-order valence-electron chi connectivity index (χ2n) is 7.31. The maximum atomic E-state index is 12.8. The fourth-order valence-corrected chi connectivity index (χ4v) is 4.88. The first kappa shape index (κ1) is 23.6. The normalized spacial score (nSPS) is 11.7. The highest BCUT2D eigenvalue weighted by atomic mass is 32.2. The number of aromatic nitrogens is 3. The number of anilines is 1. The number of benzene rings is 3. The molecule has 0 fully saturated rings. The number of aromatic carboxylic acids is 1. The number of para-hydroxylation sites is 1. The fourth-order valence-electron chi connectivity index (χ4n) is 3.16. The van der Waals surface area contributed by atoms with Crippen molar-refractivity contribution < 1.29 is 14.7 Å². The molecule has 0 saturated heterocycles. The number of thioether (sulfide) groups is 2. The highest BCUT2D eigenvalue weighted by Gasteiger charge is 2.21. The van der Waals surface area contributed by atoms with Crippen molar-refractivity contribution in [3.05, 3.63) is 96.3 Å². The molecule has 0 saturated carbocycles. The van der Waals surface area contributed by atoms with Crippen molar-refractivity contribution in [3.63, 3.8) is 0 Å². The Balaban J connectivity index is 1.52. The first-order valence-corrected chi connectivity index (χ1v) is 12.4. The molecule has 34 heavy (non-hydrogen) atoms. The van der Waals surface area contributed by atoms with Crippen LogP contribution in [0.15, 0.2) is 95.0 Å². The molecule has 2 N–H and O–H groups in total. The highest BCUT2D eigenvalue weighted by molar-refractivity contribution is 8.00. The SMILES string of the molecule is CC(Sc1nnc(CSc2ccccc2)n1-c1ccccc1)C(=O)Nc1cccc(C(=O)O)c1. The van der Waals surface area contributed by atoms with Crippen molar-refractivity contribution in [2.75, 3.05) is 5.32 Å². The summed E-state index contributed by atoms with van der Waals surface area (Å²) < 4.78 is 1.97. The number of hydrogen-bond acceptors (Lipinski definition) is 6. The van der Waals surface area contributed by atoms with Crippen molar-refractivity contribution in [1.82, 2.24) is 14.8 Å². The molecule has 1 aromatic heterocycles. The van der Waals surface area contributed by atoms with Crippen LogP contribution in [0.5, 0.6) is 0 Å². The summed E-state index contributed by atoms with van der Waals surface area (Å²) in [5, 5.41) is 20.9. The minimum atomic E-state index is -1.05. The Kier molecular flexibility index (Phi) is 7.66. The van der Waals surface area contributed by atoms with Gasteiger partial charge in [0.25, 0.3) is 0 Å². The van der Waals surface area contributed by atoms with Crippen LogP contribution in [0, 0.1) is 0 Å². The fraction of sp³-hybridized carbons (Fsp3) is 0.120. The zero-order chi connectivity index (χ0) is 23.9. The summed E-state index contributed by atoms with van der Waals surface area (Å²) in [5.41, 5.74) is 1.46. The van der Waals surface area contributed by atoms with Crippen LogP contribution in [0.1, 0.15) is 23.1 Å². The van der Waals surface area contributed by atoms with Gasteiger partial charge < -0.3 is 10.4 Å². The molecule has 3 aromatic carbocycles. The molecule has 0 bridgehead atoms. The molecule has 4 aromatic rings. The molecule has 0 radical (unpaired) electrons. The van der Waals surface area contributed by atoms with Crippen LogP contribution < -0.4 is 5.32 Å². The number of nitrogens with one attached hydrogen (secondary N) is 1. The molecular formula is C25H22N4O3S2. The summed E-state index contributed by atoms with van der Waals surface area (Å²) >= 11 is 2.96. The van der Waals surface area contributed by atoms with E-state index in [2.05, 4.69) is 27.6 Å². The molecule has 0 spiro atoms. The van der Waals surface area contributed by atoms with Crippen LogP contribution >= 0.6 is 23.5 Å². The van der Waals surface area contributed by atoms with E-state index >= 15 is 0 Å². The summed E-state index contributed by atoms with van der Waals surface area (Å²) in [6.07, 6.45) is 0. The molecule has 7 nitrogen and oxygen atoms in total. The van der Waals surface area contributed by atoms with E-state index in [0.29, 0.717) is 16.6 Å². The number of rotatable bonds is 9. The molecule has 4 rings (SSSR count). The van der Waals surface area contributed by atoms with Gasteiger partial charge in [0.05, 0.1) is 16.6 Å². The van der Waals surface area contributed by atoms with Crippen molar-refractivity contribution >= 4 is 41.1 Å². The Hall–Kier alpha value is -3.56. The number of nitrogens with zero attached hydrogens (tertiary/aromatic N) is 3. The summed E-state index contributed by atoms with van der Waals surface area (Å²) in [5.74, 6) is 0.102. The Morgan fingerprint density at radius 3 is 2.38 bits per heavy atom. The lowest BCUT2D eigenvalue weighted by Crippen LogP contribution is -2.23. The van der Waals surface area contributed by atoms with Gasteiger partial charge in [-0.1, -0.05) is 54.2 Å². The van der Waals surface area contributed by atoms with Crippen LogP contribution in [0.3, 0.4) is 0 Å². The summed E-state index contributed by atoms with van der Waals surface area (Å²) in [6.45, 7) is 1.78. The van der Waals surface area contributed by atoms with Crippen LogP contribution in [-0.4, -0.2) is 37.0 Å². The molecule has 0 aliphatic carbocycles. The van der Waals surface area contributed by atoms with Gasteiger partial charge in [0.15, 0.2) is 5.16 Å². The van der Waals surface area contributed by atoms with Gasteiger partial charge in [-0.15, -0.1) is 22.0 Å². The zero-order valence-electron chi connectivity index (χ0n) is 18.3. The number of hydrogen-bond donors (Lipinski definition) is 2. The first-order chi connectivity index (χ1) is 16.5. The molecule has 1 amide bonds. The minimum absolute atomic E-state index is 0.113. The van der Waals surface area contributed by atoms with E-state index in [0.717, 1.165) is 16.4 Å². The van der Waals surface area contributed by atoms with Crippen LogP contribution in [0.4, 0.5) is 5.69 Å². The molecule has 172 valence electrons. The first-order valence-electron chi connectivity index (χ1n) is 10.5. The topological polar surface area (TPSA) is 97.1 Å². The van der Waals surface area contributed by atoms with Crippen molar-refractivity contribution in [2.45, 2.75) is 28.0 Å². The van der Waals surface area contributed by atoms with Gasteiger partial charge in [0, 0.05) is 16.3 Å². The average Bonchev–Trinajstić information content (AvgIpc) is 3.26. The summed E-state index contributed by atoms with van der Waals surface area (Å²) in [4.78, 5) is 25.2. The third kappa shape index (κ3) is 5.86. The van der Waals surface area contributed by atoms with E-state index in [1.807, 2.05) is 53.1 Å². The van der Waals surface area contributed by atoms with Gasteiger partial charge in [-0.25, -0.2) is 4.79 Å². The molecule has 0 aliphatic heterocycles. The van der Waals surface area contributed by atoms with Gasteiger partial charge in [-0.05, 0) is 49.4 Å². The van der Waals surface area contributed by atoms with Gasteiger partial charge in [-0.3, -0.25) is 9.36 Å². The number of carboxylic acids is 1. The largest absolute Gasteiger partial charge is 0.478 e. The van der Waals surface area contributed by atoms with Crippen LogP contribution in [0.2, 0.25) is 0 Å². The number of carbonyl (C=O) groups is 2. The number of carboxylic acid groups (broad SMARTS) is 1. The molecule has 1 unspecified atom stereocenters. The van der Waals surface area contributed by atoms with Crippen LogP contribution in [-0.2, 0) is 10.5 Å². The van der Waals surface area contributed by atoms with E-state index in [-0.39, 0.29) is 11.5 Å². The van der Waals surface area contributed by atoms with E-state index in [1.165, 1.54) is 23.9 Å². The van der Waals surface area contributed by atoms with Crippen molar-refractivity contribution in [1.29, 1.82) is 0 Å². The van der Waals surface area contributed by atoms with Gasteiger partial charge in [0.1, 0.15) is 5.82 Å². The Bertz CT molecular complexity index is 1280. The van der Waals surface area contributed by atoms with Gasteiger partial charge in [0.2, 0.25) is 5.91 Å². The second-order valence-corrected chi connectivity index (χ2v) is 9.66. The number of amides is 1. The standard InChI is InChI=1S/C25H22N4O3S2/c1-17(23(30)26-19-10-8-9-18(15-19)24(31)32)34-25-28-27-22(16-33-21-13-6-3-7-14-21)29(25)20-11-4-2-5-12-20/h2-15,17H,16H2,1H3,(H,26,30)(H,31,32). The van der Waals surface area contributed by atoms with E-state index in [9.17, 15) is 9.59 Å². The van der Waals surface area contributed by atoms with Gasteiger partial charge >= 0.3 is 5.97 Å². The second kappa shape index (κ2) is 11.0. The minimum Gasteiger partial charge on any atom is -0.478 e. The van der Waals surface area contributed by atoms with Crippen LogP contribution in [0.25, 0.3) is 5.69 Å². The van der Waals surface area contributed by atoms with Gasteiger partial charge in [-0.2, -0.15) is 0 Å². The third-order valence-corrected chi connectivity index (χ3v) is 6.91. The summed E-state index contributed by atoms with van der Waals surface area (Å²) in [7, 11) is 0. The number of carbonyl (C=O) groups excluding carboxylic acids is 1. The Morgan fingerprint density at radius 1 is 0.971 bits per heavy atom. The van der Waals surface area contributed by atoms with Crippen molar-refractivity contribution in [2.24, 2.45) is 0 Å². The predicted octanol–water partition coefficient (Wildman–Crippen LogP) is 5.38. The molecule has 1 atom stereocenters. The summed E-state index contributed by atoms with van der Waals surface area (Å²) in [6, 6.07) is 26.0. The smallest absolute Gasteiger partial charge is 0.335 e. The molecule has 1 heterocycles. The quantitative estimate of drug-likeness (QED) is 0.304. The Labute approximate surface area is 205 Å². The molecule has 0 aliphatic rings. The Morgan fingerprint density at radius 2 is 1.68 bits per heavy atom. The lowest BCUT2D eigenvalue weighted by Gasteiger charge is -2.14. The maximum absolute atomic E-state index is 12.8. The predicted molar refractivity (Wildman–Crippen MR) is 135 cm³/mol.